The lowest BCUT2D eigenvalue weighted by molar-refractivity contribution is -0.0120. The molecule has 5 heteroatoms. The first-order valence-corrected chi connectivity index (χ1v) is 4.66. The van der Waals surface area contributed by atoms with Gasteiger partial charge in [0.15, 0.2) is 0 Å². The maximum atomic E-state index is 9.92. The third-order valence-corrected chi connectivity index (χ3v) is 2.66. The number of aliphatic hydroxyl groups is 1. The van der Waals surface area contributed by atoms with Crippen molar-refractivity contribution in [3.8, 4) is 0 Å². The molecule has 13 heavy (non-hydrogen) atoms. The molecule has 1 aliphatic rings. The molecule has 1 N–H and O–H groups in total. The van der Waals surface area contributed by atoms with Crippen LogP contribution in [0.5, 0.6) is 0 Å². The number of hydrogen-bond donors (Lipinski definition) is 1. The highest BCUT2D eigenvalue weighted by Crippen LogP contribution is 2.22. The zero-order chi connectivity index (χ0) is 9.73. The van der Waals surface area contributed by atoms with Crippen LogP contribution in [0.1, 0.15) is 19.8 Å². The summed E-state index contributed by atoms with van der Waals surface area (Å²) in [6, 6.07) is 0. The van der Waals surface area contributed by atoms with Gasteiger partial charge < -0.3 is 10.0 Å². The van der Waals surface area contributed by atoms with E-state index in [4.69, 9.17) is 5.53 Å². The van der Waals surface area contributed by atoms with Crippen molar-refractivity contribution in [2.75, 3.05) is 26.2 Å². The fourth-order valence-corrected chi connectivity index (χ4v) is 1.61. The van der Waals surface area contributed by atoms with E-state index >= 15 is 0 Å². The molecule has 1 heterocycles. The molecular formula is C8H16N4O. The molecule has 0 aromatic heterocycles. The van der Waals surface area contributed by atoms with Crippen molar-refractivity contribution in [3.05, 3.63) is 10.4 Å². The maximum Gasteiger partial charge on any atom is 0.0728 e. The third kappa shape index (κ3) is 2.88. The Hall–Kier alpha value is -0.770. The number of hydrogen-bond acceptors (Lipinski definition) is 3. The van der Waals surface area contributed by atoms with Crippen molar-refractivity contribution in [2.24, 2.45) is 5.11 Å². The lowest BCUT2D eigenvalue weighted by atomic mass is 9.92. The van der Waals surface area contributed by atoms with Crippen LogP contribution in [0.3, 0.4) is 0 Å². The van der Waals surface area contributed by atoms with Gasteiger partial charge in [-0.2, -0.15) is 0 Å². The van der Waals surface area contributed by atoms with Crippen molar-refractivity contribution < 1.29 is 5.11 Å². The molecule has 0 spiro atoms. The van der Waals surface area contributed by atoms with Crippen LogP contribution in [0.2, 0.25) is 0 Å². The van der Waals surface area contributed by atoms with E-state index in [1.807, 2.05) is 0 Å². The first-order valence-electron chi connectivity index (χ1n) is 4.66. The number of azide groups is 1. The smallest absolute Gasteiger partial charge is 0.0728 e. The first-order chi connectivity index (χ1) is 6.20. The zero-order valence-corrected chi connectivity index (χ0v) is 7.98. The van der Waals surface area contributed by atoms with Crippen LogP contribution in [0.4, 0.5) is 0 Å². The Morgan fingerprint density at radius 3 is 2.62 bits per heavy atom. The van der Waals surface area contributed by atoms with Gasteiger partial charge in [-0.1, -0.05) is 12.0 Å². The van der Waals surface area contributed by atoms with Crippen molar-refractivity contribution in [3.63, 3.8) is 0 Å². The summed E-state index contributed by atoms with van der Waals surface area (Å²) in [4.78, 5) is 4.95. The molecule has 5 nitrogen and oxygen atoms in total. The fraction of sp³-hybridized carbons (Fsp3) is 1.00. The number of piperidine rings is 1. The summed E-state index contributed by atoms with van der Waals surface area (Å²) in [5.41, 5.74) is 7.39. The second-order valence-electron chi connectivity index (χ2n) is 3.55. The van der Waals surface area contributed by atoms with Crippen LogP contribution >= 0.6 is 0 Å². The van der Waals surface area contributed by atoms with Gasteiger partial charge in [0.25, 0.3) is 0 Å². The average molecular weight is 184 g/mol. The normalized spacial score (nSPS) is 22.3. The lowest BCUT2D eigenvalue weighted by Crippen LogP contribution is -2.45. The third-order valence-electron chi connectivity index (χ3n) is 2.66. The van der Waals surface area contributed by atoms with E-state index in [9.17, 15) is 5.11 Å². The molecular weight excluding hydrogens is 168 g/mol. The summed E-state index contributed by atoms with van der Waals surface area (Å²) in [6.07, 6.45) is 1.42. The van der Waals surface area contributed by atoms with Crippen LogP contribution in [0.15, 0.2) is 5.11 Å². The van der Waals surface area contributed by atoms with Crippen LogP contribution in [-0.4, -0.2) is 41.8 Å². The molecule has 1 fully saturated rings. The monoisotopic (exact) mass is 184 g/mol. The molecule has 0 bridgehead atoms. The lowest BCUT2D eigenvalue weighted by Gasteiger charge is -2.36. The van der Waals surface area contributed by atoms with Crippen LogP contribution in [0, 0.1) is 0 Å². The number of rotatable bonds is 3. The number of likely N-dealkylation sites (tertiary alicyclic amines) is 1. The molecule has 0 unspecified atom stereocenters. The summed E-state index contributed by atoms with van der Waals surface area (Å²) >= 11 is 0. The molecule has 0 aromatic rings. The van der Waals surface area contributed by atoms with Gasteiger partial charge in [0.05, 0.1) is 12.1 Å². The maximum absolute atomic E-state index is 9.92. The Morgan fingerprint density at radius 1 is 1.54 bits per heavy atom. The highest BCUT2D eigenvalue weighted by molar-refractivity contribution is 4.87. The second-order valence-corrected chi connectivity index (χ2v) is 3.55. The molecule has 0 aliphatic carbocycles. The summed E-state index contributed by atoms with van der Waals surface area (Å²) in [5, 5.41) is 13.4. The van der Waals surface area contributed by atoms with Gasteiger partial charge in [-0.25, -0.2) is 0 Å². The quantitative estimate of drug-likeness (QED) is 0.406. The fourth-order valence-electron chi connectivity index (χ4n) is 1.61. The summed E-state index contributed by atoms with van der Waals surface area (Å²) < 4.78 is 0. The van der Waals surface area contributed by atoms with Crippen molar-refractivity contribution in [1.29, 1.82) is 0 Å². The minimum absolute atomic E-state index is 0.209. The molecule has 0 saturated carbocycles. The van der Waals surface area contributed by atoms with Gasteiger partial charge in [-0.15, -0.1) is 0 Å². The van der Waals surface area contributed by atoms with E-state index in [1.54, 1.807) is 0 Å². The Bertz CT molecular complexity index is 204. The Labute approximate surface area is 78.0 Å². The van der Waals surface area contributed by atoms with Crippen molar-refractivity contribution in [2.45, 2.75) is 25.4 Å². The standard InChI is InChI=1S/C8H16N4O/c1-2-12-5-3-8(13,4-6-12)7-10-11-9/h13H,2-7H2,1H3. The zero-order valence-electron chi connectivity index (χ0n) is 7.98. The molecule has 0 atom stereocenters. The van der Waals surface area contributed by atoms with E-state index < -0.39 is 5.60 Å². The van der Waals surface area contributed by atoms with E-state index in [2.05, 4.69) is 21.8 Å². The largest absolute Gasteiger partial charge is 0.390 e. The highest BCUT2D eigenvalue weighted by atomic mass is 16.3. The minimum Gasteiger partial charge on any atom is -0.390 e. The van der Waals surface area contributed by atoms with E-state index in [0.717, 1.165) is 19.6 Å². The SMILES string of the molecule is CCN1CCC(O)(CN=[N+]=[N-])CC1. The number of nitrogens with zero attached hydrogens (tertiary/aromatic N) is 4. The summed E-state index contributed by atoms with van der Waals surface area (Å²) in [6.45, 7) is 5.14. The molecule has 0 radical (unpaired) electrons. The molecule has 1 saturated heterocycles. The van der Waals surface area contributed by atoms with E-state index in [0.29, 0.717) is 12.8 Å². The van der Waals surface area contributed by atoms with Crippen molar-refractivity contribution >= 4 is 0 Å². The highest BCUT2D eigenvalue weighted by Gasteiger charge is 2.30. The van der Waals surface area contributed by atoms with Gasteiger partial charge in [-0.05, 0) is 24.9 Å². The van der Waals surface area contributed by atoms with Crippen LogP contribution < -0.4 is 0 Å². The van der Waals surface area contributed by atoms with Gasteiger partial charge in [0.2, 0.25) is 0 Å². The Morgan fingerprint density at radius 2 is 2.15 bits per heavy atom. The Kier molecular flexibility index (Phi) is 3.54. The predicted molar refractivity (Wildman–Crippen MR) is 50.3 cm³/mol. The minimum atomic E-state index is -0.752. The van der Waals surface area contributed by atoms with Crippen LogP contribution in [0.25, 0.3) is 10.4 Å². The first kappa shape index (κ1) is 10.3. The second kappa shape index (κ2) is 4.46. The van der Waals surface area contributed by atoms with E-state index in [-0.39, 0.29) is 6.54 Å². The summed E-state index contributed by atoms with van der Waals surface area (Å²) in [7, 11) is 0. The molecule has 1 aliphatic heterocycles. The molecule has 1 rings (SSSR count). The molecule has 0 aromatic carbocycles. The molecule has 0 amide bonds. The Balaban J connectivity index is 2.41. The average Bonchev–Trinajstić information content (AvgIpc) is 2.16. The van der Waals surface area contributed by atoms with Gasteiger partial charge in [0, 0.05) is 18.0 Å². The topological polar surface area (TPSA) is 72.2 Å². The van der Waals surface area contributed by atoms with Gasteiger partial charge in [0.1, 0.15) is 0 Å². The van der Waals surface area contributed by atoms with E-state index in [1.165, 1.54) is 0 Å². The predicted octanol–water partition coefficient (Wildman–Crippen LogP) is 1.14. The molecule has 74 valence electrons. The van der Waals surface area contributed by atoms with Gasteiger partial charge >= 0.3 is 0 Å². The summed E-state index contributed by atoms with van der Waals surface area (Å²) in [5.74, 6) is 0. The van der Waals surface area contributed by atoms with Crippen LogP contribution in [-0.2, 0) is 0 Å². The van der Waals surface area contributed by atoms with Gasteiger partial charge in [-0.3, -0.25) is 0 Å². The van der Waals surface area contributed by atoms with Crippen molar-refractivity contribution in [1.82, 2.24) is 4.90 Å².